The zero-order valence-corrected chi connectivity index (χ0v) is 58.8. The maximum Gasteiger partial charge on any atom is 0.220 e. The maximum atomic E-state index is 13.3. The van der Waals surface area contributed by atoms with Gasteiger partial charge >= 0.3 is 0 Å². The highest BCUT2D eigenvalue weighted by Crippen LogP contribution is 2.30. The summed E-state index contributed by atoms with van der Waals surface area (Å²) in [5.74, 6) is -0.266. The number of allylic oxidation sites excluding steroid dienone is 25. The van der Waals surface area contributed by atoms with Crippen molar-refractivity contribution in [3.05, 3.63) is 158 Å². The molecule has 0 spiro atoms. The molecule has 540 valence electrons. The lowest BCUT2D eigenvalue weighted by atomic mass is 9.97. The monoisotopic (exact) mass is 1330 g/mol. The molecule has 0 aromatic heterocycles. The van der Waals surface area contributed by atoms with Crippen molar-refractivity contribution in [1.29, 1.82) is 0 Å². The van der Waals surface area contributed by atoms with Crippen molar-refractivity contribution in [3.63, 3.8) is 0 Å². The zero-order chi connectivity index (χ0) is 68.7. The van der Waals surface area contributed by atoms with Gasteiger partial charge in [-0.1, -0.05) is 287 Å². The highest BCUT2D eigenvalue weighted by atomic mass is 16.7. The van der Waals surface area contributed by atoms with Gasteiger partial charge in [-0.15, -0.1) is 0 Å². The molecule has 0 bridgehead atoms. The quantitative estimate of drug-likeness (QED) is 0.0204. The van der Waals surface area contributed by atoms with E-state index in [4.69, 9.17) is 18.9 Å². The van der Waals surface area contributed by atoms with Crippen LogP contribution in [0, 0.1) is 0 Å². The minimum atomic E-state index is -1.80. The van der Waals surface area contributed by atoms with Gasteiger partial charge < -0.3 is 65.1 Å². The largest absolute Gasteiger partial charge is 0.394 e. The highest BCUT2D eigenvalue weighted by molar-refractivity contribution is 5.76. The van der Waals surface area contributed by atoms with Gasteiger partial charge in [0.15, 0.2) is 12.6 Å². The van der Waals surface area contributed by atoms with Crippen LogP contribution in [0.3, 0.4) is 0 Å². The number of hydrogen-bond donors (Lipinski definition) is 9. The first-order valence-electron chi connectivity index (χ1n) is 37.2. The van der Waals surface area contributed by atoms with E-state index in [1.54, 1.807) is 6.08 Å². The first-order valence-corrected chi connectivity index (χ1v) is 37.2. The number of carbonyl (C=O) groups is 1. The van der Waals surface area contributed by atoms with Crippen molar-refractivity contribution in [2.45, 2.75) is 325 Å². The summed E-state index contributed by atoms with van der Waals surface area (Å²) in [5.41, 5.74) is 0. The van der Waals surface area contributed by atoms with E-state index >= 15 is 0 Å². The van der Waals surface area contributed by atoms with Gasteiger partial charge in [0, 0.05) is 6.42 Å². The second-order valence-corrected chi connectivity index (χ2v) is 25.3. The molecule has 2 fully saturated rings. The number of rotatable bonds is 59. The van der Waals surface area contributed by atoms with Gasteiger partial charge in [-0.3, -0.25) is 4.79 Å². The molecule has 2 aliphatic heterocycles. The Morgan fingerprint density at radius 2 is 0.737 bits per heavy atom. The summed E-state index contributed by atoms with van der Waals surface area (Å²) in [6.07, 6.45) is 80.1. The van der Waals surface area contributed by atoms with Crippen molar-refractivity contribution in [2.24, 2.45) is 0 Å². The molecule has 0 aliphatic carbocycles. The Morgan fingerprint density at radius 1 is 0.389 bits per heavy atom. The first kappa shape index (κ1) is 86.7. The minimum absolute atomic E-state index is 0.250. The van der Waals surface area contributed by atoms with Crippen LogP contribution >= 0.6 is 0 Å². The van der Waals surface area contributed by atoms with E-state index in [1.165, 1.54) is 89.9 Å². The topological polar surface area (TPSA) is 228 Å². The molecule has 12 atom stereocenters. The van der Waals surface area contributed by atoms with Crippen LogP contribution in [-0.4, -0.2) is 140 Å². The number of nitrogens with one attached hydrogen (secondary N) is 1. The van der Waals surface area contributed by atoms with Gasteiger partial charge in [0.1, 0.15) is 48.8 Å². The fraction of sp³-hybridized carbons (Fsp3) is 0.667. The van der Waals surface area contributed by atoms with Crippen LogP contribution in [0.5, 0.6) is 0 Å². The van der Waals surface area contributed by atoms with E-state index in [0.717, 1.165) is 128 Å². The zero-order valence-electron chi connectivity index (χ0n) is 58.8. The molecule has 0 saturated carbocycles. The summed E-state index contributed by atoms with van der Waals surface area (Å²) in [7, 11) is 0. The van der Waals surface area contributed by atoms with Gasteiger partial charge in [0.25, 0.3) is 0 Å². The highest BCUT2D eigenvalue weighted by Gasteiger charge is 2.51. The summed E-state index contributed by atoms with van der Waals surface area (Å²) in [6.45, 7) is 2.66. The van der Waals surface area contributed by atoms with Crippen molar-refractivity contribution in [3.8, 4) is 0 Å². The molecule has 0 aromatic rings. The lowest BCUT2D eigenvalue weighted by Gasteiger charge is -2.46. The summed E-state index contributed by atoms with van der Waals surface area (Å²) < 4.78 is 22.8. The predicted octanol–water partition coefficient (Wildman–Crippen LogP) is 16.2. The van der Waals surface area contributed by atoms with E-state index in [9.17, 15) is 45.6 Å². The molecule has 2 heterocycles. The summed E-state index contributed by atoms with van der Waals surface area (Å²) in [6, 6.07) is -0.950. The third kappa shape index (κ3) is 46.5. The average Bonchev–Trinajstić information content (AvgIpc) is 0.897. The number of unbranched alkanes of at least 4 members (excludes halogenated alkanes) is 22. The molecule has 1 amide bonds. The molecular weight excluding hydrogens is 1190 g/mol. The lowest BCUT2D eigenvalue weighted by molar-refractivity contribution is -0.359. The Balaban J connectivity index is 1.66. The molecule has 14 heteroatoms. The van der Waals surface area contributed by atoms with E-state index in [0.29, 0.717) is 12.8 Å². The lowest BCUT2D eigenvalue weighted by Crippen LogP contribution is -2.65. The van der Waals surface area contributed by atoms with Gasteiger partial charge in [-0.2, -0.15) is 0 Å². The smallest absolute Gasteiger partial charge is 0.220 e. The first-order chi connectivity index (χ1) is 46.6. The average molecular weight is 1330 g/mol. The van der Waals surface area contributed by atoms with Crippen molar-refractivity contribution in [2.75, 3.05) is 19.8 Å². The van der Waals surface area contributed by atoms with Gasteiger partial charge in [0.2, 0.25) is 5.91 Å². The molecule has 0 radical (unpaired) electrons. The third-order valence-electron chi connectivity index (χ3n) is 16.9. The summed E-state index contributed by atoms with van der Waals surface area (Å²) >= 11 is 0. The Labute approximate surface area is 575 Å². The number of amides is 1. The van der Waals surface area contributed by atoms with Crippen molar-refractivity contribution < 1.29 is 64.6 Å². The normalized spacial score (nSPS) is 23.3. The van der Waals surface area contributed by atoms with Crippen LogP contribution in [-0.2, 0) is 23.7 Å². The molecule has 2 saturated heterocycles. The fourth-order valence-electron chi connectivity index (χ4n) is 11.1. The van der Waals surface area contributed by atoms with Crippen LogP contribution < -0.4 is 5.32 Å². The third-order valence-corrected chi connectivity index (χ3v) is 16.9. The fourth-order valence-corrected chi connectivity index (χ4v) is 11.1. The predicted molar refractivity (Wildman–Crippen MR) is 391 cm³/mol. The van der Waals surface area contributed by atoms with E-state index in [1.807, 2.05) is 6.08 Å². The second-order valence-electron chi connectivity index (χ2n) is 25.3. The standard InChI is InChI=1S/C81H133NO13/c1-3-5-7-9-11-13-15-17-19-21-23-25-26-27-28-29-30-31-32-33-34-35-36-37-38-39-40-41-42-43-44-45-47-49-51-53-55-57-59-61-63-65-73(86)82-69(70(85)64-62-60-58-56-54-52-50-48-46-24-22-20-18-16-14-12-10-8-6-4-2)68-92-80-78(91)76(89)79(72(67-84)94-80)95-81-77(90)75(88)74(87)71(66-83)93-81/h5,7,11,13,17,19,23,25,27-28,30-31,33-34,36-37,39-40,42-43,45,47,54,56,62,64,69-72,74-81,83-85,87-91H,3-4,6,8-10,12,14-16,18,20-22,24,26,29,32,35,38,41,44,46,48-53,55,57-61,63,65-68H2,1-2H3,(H,82,86)/b7-5-,13-11-,19-17-,25-23-,28-27-,31-30-,34-33-,37-36-,40-39-,43-42-,47-45-,56-54+,64-62+. The molecule has 95 heavy (non-hydrogen) atoms. The molecule has 0 aromatic carbocycles. The van der Waals surface area contributed by atoms with Crippen LogP contribution in [0.1, 0.15) is 251 Å². The van der Waals surface area contributed by atoms with E-state index < -0.39 is 86.8 Å². The number of carbonyl (C=O) groups excluding carboxylic acids is 1. The number of aliphatic hydroxyl groups excluding tert-OH is 8. The minimum Gasteiger partial charge on any atom is -0.394 e. The van der Waals surface area contributed by atoms with Gasteiger partial charge in [-0.25, -0.2) is 0 Å². The summed E-state index contributed by atoms with van der Waals surface area (Å²) in [5, 5.41) is 87.4. The SMILES string of the molecule is CC/C=C\C/C=C\C/C=C\C/C=C\C/C=C\C/C=C\C/C=C\C/C=C\C/C=C\C/C=C\C/C=C\CCCCCCCCCC(=O)NC(COC1OC(CO)C(OC2OC(CO)C(O)C(O)C2O)C(O)C1O)C(O)/C=C/CC/C=C/CCCCCCCCCCCCCCCC. The summed E-state index contributed by atoms with van der Waals surface area (Å²) in [4.78, 5) is 13.3. The Kier molecular flexibility index (Phi) is 57.6. The number of aliphatic hydroxyl groups is 8. The molecular formula is C81H133NO13. The number of hydrogen-bond acceptors (Lipinski definition) is 13. The molecule has 2 rings (SSSR count). The van der Waals surface area contributed by atoms with E-state index in [2.05, 4.69) is 165 Å². The Hall–Kier alpha value is -4.39. The van der Waals surface area contributed by atoms with Crippen LogP contribution in [0.25, 0.3) is 0 Å². The van der Waals surface area contributed by atoms with E-state index in [-0.39, 0.29) is 18.9 Å². The molecule has 12 unspecified atom stereocenters. The van der Waals surface area contributed by atoms with Crippen molar-refractivity contribution in [1.82, 2.24) is 5.32 Å². The maximum absolute atomic E-state index is 13.3. The van der Waals surface area contributed by atoms with Crippen LogP contribution in [0.4, 0.5) is 0 Å². The van der Waals surface area contributed by atoms with Crippen LogP contribution in [0.2, 0.25) is 0 Å². The second kappa shape index (κ2) is 63.1. The Morgan fingerprint density at radius 3 is 1.16 bits per heavy atom. The van der Waals surface area contributed by atoms with Gasteiger partial charge in [-0.05, 0) is 116 Å². The van der Waals surface area contributed by atoms with Gasteiger partial charge in [0.05, 0.1) is 32.0 Å². The number of ether oxygens (including phenoxy) is 4. The Bertz CT molecular complexity index is 2210. The van der Waals surface area contributed by atoms with Crippen molar-refractivity contribution >= 4 is 5.91 Å². The molecule has 2 aliphatic rings. The molecule has 9 N–H and O–H groups in total. The van der Waals surface area contributed by atoms with Crippen LogP contribution in [0.15, 0.2) is 158 Å². The molecule has 14 nitrogen and oxygen atoms in total.